The summed E-state index contributed by atoms with van der Waals surface area (Å²) in [5.41, 5.74) is 0. The largest absolute Gasteiger partial charge is 0.390 e. The average molecular weight is 318 g/mol. The van der Waals surface area contributed by atoms with Gasteiger partial charge in [-0.1, -0.05) is 0 Å². The lowest BCUT2D eigenvalue weighted by Crippen LogP contribution is -2.42. The number of hydrogen-bond donors (Lipinski definition) is 5. The van der Waals surface area contributed by atoms with Gasteiger partial charge in [-0.25, -0.2) is 4.57 Å². The van der Waals surface area contributed by atoms with Gasteiger partial charge in [0, 0.05) is 12.2 Å². The van der Waals surface area contributed by atoms with Gasteiger partial charge in [-0.3, -0.25) is 0 Å². The minimum absolute atomic E-state index is 0.0151. The lowest BCUT2D eigenvalue weighted by atomic mass is 10.1. The van der Waals surface area contributed by atoms with Crippen molar-refractivity contribution in [2.75, 3.05) is 19.0 Å². The van der Waals surface area contributed by atoms with Crippen LogP contribution in [0.1, 0.15) is 12.8 Å². The maximum Gasteiger partial charge on any atom is 0.384 e. The quantitative estimate of drug-likeness (QED) is 0.376. The highest BCUT2D eigenvalue weighted by Crippen LogP contribution is 2.50. The van der Waals surface area contributed by atoms with Crippen molar-refractivity contribution in [2.45, 2.75) is 37.4 Å². The highest BCUT2D eigenvalue weighted by Gasteiger charge is 2.30. The van der Waals surface area contributed by atoms with Crippen LogP contribution in [0.2, 0.25) is 0 Å². The molecule has 3 atom stereocenters. The minimum atomic E-state index is -4.31. The summed E-state index contributed by atoms with van der Waals surface area (Å²) in [4.78, 5) is 17.3. The van der Waals surface area contributed by atoms with Gasteiger partial charge in [0.05, 0.1) is 25.4 Å². The normalized spacial score (nSPS) is 23.0. The summed E-state index contributed by atoms with van der Waals surface area (Å²) < 4.78 is 21.0. The number of hydrogen-bond acceptors (Lipinski definition) is 7. The molecule has 1 aliphatic rings. The maximum absolute atomic E-state index is 10.6. The third-order valence-electron chi connectivity index (χ3n) is 2.53. The molecule has 0 aromatic heterocycles. The van der Waals surface area contributed by atoms with E-state index < -0.39 is 31.4 Å². The Labute approximate surface area is 114 Å². The van der Waals surface area contributed by atoms with E-state index in [-0.39, 0.29) is 23.6 Å². The first kappa shape index (κ1) is 17.4. The van der Waals surface area contributed by atoms with Crippen LogP contribution in [-0.4, -0.2) is 68.7 Å². The van der Waals surface area contributed by atoms with Crippen LogP contribution in [0.15, 0.2) is 0 Å². The van der Waals surface area contributed by atoms with E-state index in [4.69, 9.17) is 19.3 Å². The second-order valence-corrected chi connectivity index (χ2v) is 7.95. The lowest BCUT2D eigenvalue weighted by Gasteiger charge is -2.28. The molecule has 0 radical (unpaired) electrons. The van der Waals surface area contributed by atoms with Gasteiger partial charge in [0.25, 0.3) is 0 Å². The molecule has 0 amide bonds. The van der Waals surface area contributed by atoms with Crippen LogP contribution >= 0.6 is 18.2 Å². The number of aliphatic hydroxyl groups is 3. The summed E-state index contributed by atoms with van der Waals surface area (Å²) in [6.45, 7) is -3.30. The molecular formula is C9H19O8PS. The van der Waals surface area contributed by atoms with Crippen molar-refractivity contribution in [3.8, 4) is 0 Å². The Kier molecular flexibility index (Phi) is 7.23. The molecular weight excluding hydrogens is 299 g/mol. The Morgan fingerprint density at radius 3 is 2.26 bits per heavy atom. The number of aliphatic hydroxyl groups excluding tert-OH is 3. The molecule has 0 aromatic rings. The smallest absolute Gasteiger partial charge is 0.384 e. The molecule has 1 fully saturated rings. The van der Waals surface area contributed by atoms with Crippen LogP contribution < -0.4 is 0 Å². The zero-order valence-corrected chi connectivity index (χ0v) is 11.9. The Hall–Kier alpha value is 0.300. The van der Waals surface area contributed by atoms with Gasteiger partial charge in [-0.2, -0.15) is 0 Å². The summed E-state index contributed by atoms with van der Waals surface area (Å²) >= 11 is 0.217. The van der Waals surface area contributed by atoms with Gasteiger partial charge >= 0.3 is 6.80 Å². The molecule has 1 rings (SSSR count). The Bertz CT molecular complexity index is 305. The average Bonchev–Trinajstić information content (AvgIpc) is 2.35. The molecule has 0 spiro atoms. The second kappa shape index (κ2) is 7.92. The van der Waals surface area contributed by atoms with Crippen LogP contribution in [0.5, 0.6) is 0 Å². The molecule has 114 valence electrons. The van der Waals surface area contributed by atoms with E-state index >= 15 is 0 Å². The summed E-state index contributed by atoms with van der Waals surface area (Å²) in [5.74, 6) is -0.380. The summed E-state index contributed by atoms with van der Waals surface area (Å²) in [6, 6.07) is 0. The Balaban J connectivity index is 2.33. The highest BCUT2D eigenvalue weighted by molar-refractivity contribution is 8.54. The molecule has 8 nitrogen and oxygen atoms in total. The van der Waals surface area contributed by atoms with E-state index in [1.807, 2.05) is 0 Å². The molecule has 1 aliphatic heterocycles. The molecule has 10 heteroatoms. The highest BCUT2D eigenvalue weighted by atomic mass is 32.7. The van der Waals surface area contributed by atoms with Gasteiger partial charge in [-0.15, -0.1) is 0 Å². The molecule has 1 saturated heterocycles. The van der Waals surface area contributed by atoms with Gasteiger partial charge < -0.3 is 34.6 Å². The van der Waals surface area contributed by atoms with E-state index in [0.717, 1.165) is 6.42 Å². The predicted octanol–water partition coefficient (Wildman–Crippen LogP) is -0.952. The fraction of sp³-hybridized carbons (Fsp3) is 1.00. The van der Waals surface area contributed by atoms with Gasteiger partial charge in [0.1, 0.15) is 6.10 Å². The van der Waals surface area contributed by atoms with Crippen LogP contribution in [0.25, 0.3) is 0 Å². The number of rotatable bonds is 7. The van der Waals surface area contributed by atoms with Crippen molar-refractivity contribution in [3.63, 3.8) is 0 Å². The lowest BCUT2D eigenvalue weighted by molar-refractivity contribution is -0.199. The summed E-state index contributed by atoms with van der Waals surface area (Å²) in [5, 5.41) is 28.9. The second-order valence-electron chi connectivity index (χ2n) is 4.17. The minimum Gasteiger partial charge on any atom is -0.390 e. The van der Waals surface area contributed by atoms with Crippen molar-refractivity contribution in [2.24, 2.45) is 0 Å². The van der Waals surface area contributed by atoms with E-state index in [1.54, 1.807) is 0 Å². The molecule has 19 heavy (non-hydrogen) atoms. The third-order valence-corrected chi connectivity index (χ3v) is 4.82. The Morgan fingerprint density at radius 1 is 1.16 bits per heavy atom. The van der Waals surface area contributed by atoms with Gasteiger partial charge in [0.2, 0.25) is 0 Å². The molecule has 5 N–H and O–H groups in total. The van der Waals surface area contributed by atoms with E-state index in [9.17, 15) is 19.9 Å². The first-order valence-corrected chi connectivity index (χ1v) is 8.97. The van der Waals surface area contributed by atoms with Gasteiger partial charge in [-0.05, 0) is 17.8 Å². The summed E-state index contributed by atoms with van der Waals surface area (Å²) in [7, 11) is 0. The topological polar surface area (TPSA) is 137 Å². The molecule has 0 saturated carbocycles. The van der Waals surface area contributed by atoms with Crippen LogP contribution in [0, 0.1) is 0 Å². The van der Waals surface area contributed by atoms with Crippen LogP contribution in [-0.2, 0) is 14.0 Å². The van der Waals surface area contributed by atoms with Crippen molar-refractivity contribution in [1.82, 2.24) is 0 Å². The maximum atomic E-state index is 10.6. The predicted molar refractivity (Wildman–Crippen MR) is 67.4 cm³/mol. The summed E-state index contributed by atoms with van der Waals surface area (Å²) in [6.07, 6.45) is -4.16. The van der Waals surface area contributed by atoms with Crippen molar-refractivity contribution in [3.05, 3.63) is 0 Å². The zero-order valence-electron chi connectivity index (χ0n) is 10.2. The molecule has 0 aliphatic carbocycles. The first-order chi connectivity index (χ1) is 8.79. The SMILES string of the molecule is O=P(O)(O)SCC(O)[C@@H](O)[C@H](O)CC1OCCCO1. The monoisotopic (exact) mass is 318 g/mol. The molecule has 1 unspecified atom stereocenters. The molecule has 1 heterocycles. The van der Waals surface area contributed by atoms with Crippen molar-refractivity contribution < 1.29 is 39.1 Å². The first-order valence-electron chi connectivity index (χ1n) is 5.77. The van der Waals surface area contributed by atoms with Crippen LogP contribution in [0.3, 0.4) is 0 Å². The fourth-order valence-electron chi connectivity index (χ4n) is 1.54. The molecule has 0 bridgehead atoms. The van der Waals surface area contributed by atoms with Crippen LogP contribution in [0.4, 0.5) is 0 Å². The standard InChI is InChI=1S/C9H19O8PS/c10-6(4-8-16-2-1-3-17-8)9(12)7(11)5-19-18(13,14)15/h6-12H,1-5H2,(H2,13,14,15)/t6-,7?,9+/m1/s1. The van der Waals surface area contributed by atoms with E-state index in [1.165, 1.54) is 0 Å². The van der Waals surface area contributed by atoms with Crippen molar-refractivity contribution in [1.29, 1.82) is 0 Å². The zero-order chi connectivity index (χ0) is 14.5. The fourth-order valence-corrected chi connectivity index (χ4v) is 3.12. The van der Waals surface area contributed by atoms with Gasteiger partial charge in [0.15, 0.2) is 6.29 Å². The Morgan fingerprint density at radius 2 is 1.74 bits per heavy atom. The molecule has 0 aromatic carbocycles. The van der Waals surface area contributed by atoms with Crippen molar-refractivity contribution >= 4 is 18.2 Å². The number of ether oxygens (including phenoxy) is 2. The van der Waals surface area contributed by atoms with E-state index in [2.05, 4.69) is 0 Å². The van der Waals surface area contributed by atoms with E-state index in [0.29, 0.717) is 13.2 Å². The third kappa shape index (κ3) is 7.03.